The van der Waals surface area contributed by atoms with E-state index in [9.17, 15) is 19.0 Å². The first-order chi connectivity index (χ1) is 39.8. The molecule has 0 fully saturated rings. The summed E-state index contributed by atoms with van der Waals surface area (Å²) in [6.07, 6.45) is 98.9. The minimum atomic E-state index is -4.42. The van der Waals surface area contributed by atoms with E-state index < -0.39 is 32.5 Å². The standard InChI is InChI=1S/C71H108NO8P/c1-3-5-7-9-11-13-15-17-19-21-23-25-26-27-28-29-30-31-32-33-34-35-36-37-38-39-40-41-42-44-46-48-50-52-54-56-58-60-62-64-71(74)80-69(68-79-81(75,76)78-66-65-72)67-77-70(73)63-61-59-57-55-53-51-49-47-45-43-24-22-20-18-16-14-12-10-8-6-4-2/h5-8,11-14,17-20,23-25,27-28,30-31,33-34,36-37,39-40,42-44,47-50,53,55,69H,3-4,9-10,15-16,21-22,26,29,32,35,38,41,45-46,51-52,54,56-68,72H2,1-2H3,(H,75,76)/b7-5-,8-6-,13-11-,14-12-,19-17-,20-18-,25-23-,28-27-,31-30-,34-33-,37-36-,40-39-,43-24-,44-42-,49-47-,50-48-,55-53-. The van der Waals surface area contributed by atoms with Crippen LogP contribution in [0.4, 0.5) is 0 Å². The molecule has 0 aromatic carbocycles. The summed E-state index contributed by atoms with van der Waals surface area (Å²) in [7, 11) is -4.42. The lowest BCUT2D eigenvalue weighted by Crippen LogP contribution is -2.29. The number of ether oxygens (including phenoxy) is 2. The Kier molecular flexibility index (Phi) is 59.5. The Balaban J connectivity index is 4.14. The van der Waals surface area contributed by atoms with Gasteiger partial charge in [-0.05, 0) is 148 Å². The Labute approximate surface area is 493 Å². The van der Waals surface area contributed by atoms with Crippen molar-refractivity contribution in [3.8, 4) is 0 Å². The summed E-state index contributed by atoms with van der Waals surface area (Å²) in [5, 5.41) is 0. The van der Waals surface area contributed by atoms with Crippen LogP contribution in [0.2, 0.25) is 0 Å². The maximum atomic E-state index is 12.7. The average molecular weight is 1130 g/mol. The zero-order chi connectivity index (χ0) is 58.7. The molecule has 3 N–H and O–H groups in total. The molecular weight excluding hydrogens is 1030 g/mol. The van der Waals surface area contributed by atoms with Crippen LogP contribution >= 0.6 is 7.82 Å². The summed E-state index contributed by atoms with van der Waals surface area (Å²) in [6.45, 7) is 3.40. The monoisotopic (exact) mass is 1130 g/mol. The molecule has 10 heteroatoms. The lowest BCUT2D eigenvalue weighted by molar-refractivity contribution is -0.161. The first-order valence-electron chi connectivity index (χ1n) is 30.6. The fourth-order valence-electron chi connectivity index (χ4n) is 7.23. The van der Waals surface area contributed by atoms with Crippen molar-refractivity contribution in [2.45, 2.75) is 200 Å². The number of carbonyl (C=O) groups is 2. The molecule has 0 saturated heterocycles. The molecule has 0 aliphatic rings. The van der Waals surface area contributed by atoms with Gasteiger partial charge in [-0.3, -0.25) is 18.6 Å². The van der Waals surface area contributed by atoms with Gasteiger partial charge in [0.2, 0.25) is 0 Å². The number of nitrogens with two attached hydrogens (primary N) is 1. The van der Waals surface area contributed by atoms with Crippen molar-refractivity contribution >= 4 is 19.8 Å². The molecule has 0 aromatic heterocycles. The summed E-state index contributed by atoms with van der Waals surface area (Å²) in [4.78, 5) is 35.2. The number of phosphoric ester groups is 1. The van der Waals surface area contributed by atoms with Crippen LogP contribution in [0.5, 0.6) is 0 Å². The van der Waals surface area contributed by atoms with Gasteiger partial charge in [-0.1, -0.05) is 240 Å². The van der Waals surface area contributed by atoms with Crippen LogP contribution in [-0.4, -0.2) is 49.3 Å². The van der Waals surface area contributed by atoms with Gasteiger partial charge in [-0.25, -0.2) is 4.57 Å². The van der Waals surface area contributed by atoms with Crippen molar-refractivity contribution in [1.82, 2.24) is 0 Å². The topological polar surface area (TPSA) is 134 Å². The highest BCUT2D eigenvalue weighted by Gasteiger charge is 2.26. The Bertz CT molecular complexity index is 2070. The van der Waals surface area contributed by atoms with Gasteiger partial charge in [0.1, 0.15) is 6.61 Å². The molecule has 0 aromatic rings. The van der Waals surface area contributed by atoms with Crippen LogP contribution in [0.15, 0.2) is 207 Å². The van der Waals surface area contributed by atoms with Gasteiger partial charge in [0.25, 0.3) is 0 Å². The van der Waals surface area contributed by atoms with E-state index >= 15 is 0 Å². The molecule has 0 rings (SSSR count). The van der Waals surface area contributed by atoms with Gasteiger partial charge >= 0.3 is 19.8 Å². The predicted molar refractivity (Wildman–Crippen MR) is 348 cm³/mol. The summed E-state index contributed by atoms with van der Waals surface area (Å²) in [6, 6.07) is 0. The van der Waals surface area contributed by atoms with E-state index in [0.717, 1.165) is 154 Å². The fraction of sp³-hybridized carbons (Fsp3) is 0.493. The largest absolute Gasteiger partial charge is 0.472 e. The van der Waals surface area contributed by atoms with Crippen LogP contribution < -0.4 is 5.73 Å². The molecule has 0 radical (unpaired) electrons. The van der Waals surface area contributed by atoms with Crippen molar-refractivity contribution in [1.29, 1.82) is 0 Å². The number of allylic oxidation sites excluding steroid dienone is 34. The van der Waals surface area contributed by atoms with Gasteiger partial charge in [-0.15, -0.1) is 0 Å². The first-order valence-corrected chi connectivity index (χ1v) is 32.1. The molecule has 9 nitrogen and oxygen atoms in total. The van der Waals surface area contributed by atoms with Gasteiger partial charge in [0.05, 0.1) is 13.2 Å². The third-order valence-electron chi connectivity index (χ3n) is 11.7. The van der Waals surface area contributed by atoms with E-state index in [2.05, 4.69) is 220 Å². The maximum absolute atomic E-state index is 12.7. The van der Waals surface area contributed by atoms with E-state index in [1.54, 1.807) is 0 Å². The highest BCUT2D eigenvalue weighted by Crippen LogP contribution is 2.43. The van der Waals surface area contributed by atoms with Crippen molar-refractivity contribution in [2.75, 3.05) is 26.4 Å². The molecule has 2 atom stereocenters. The van der Waals surface area contributed by atoms with Gasteiger partial charge in [0, 0.05) is 19.4 Å². The predicted octanol–water partition coefficient (Wildman–Crippen LogP) is 20.0. The van der Waals surface area contributed by atoms with E-state index in [1.807, 2.05) is 0 Å². The van der Waals surface area contributed by atoms with Gasteiger partial charge in [0.15, 0.2) is 6.10 Å². The van der Waals surface area contributed by atoms with E-state index in [0.29, 0.717) is 12.8 Å². The Morgan fingerprint density at radius 2 is 0.642 bits per heavy atom. The number of esters is 2. The normalized spacial score (nSPS) is 14.5. The number of rotatable bonds is 54. The number of hydrogen-bond donors (Lipinski definition) is 2. The molecule has 0 aliphatic carbocycles. The summed E-state index contributed by atoms with van der Waals surface area (Å²) < 4.78 is 33.0. The quantitative estimate of drug-likeness (QED) is 0.0264. The summed E-state index contributed by atoms with van der Waals surface area (Å²) >= 11 is 0. The van der Waals surface area contributed by atoms with Crippen molar-refractivity contribution < 1.29 is 37.6 Å². The lowest BCUT2D eigenvalue weighted by atomic mass is 10.1. The molecule has 0 aliphatic heterocycles. The third-order valence-corrected chi connectivity index (χ3v) is 12.6. The molecule has 81 heavy (non-hydrogen) atoms. The van der Waals surface area contributed by atoms with Crippen LogP contribution in [0, 0.1) is 0 Å². The summed E-state index contributed by atoms with van der Waals surface area (Å²) in [5.74, 6) is -0.921. The van der Waals surface area contributed by atoms with Crippen molar-refractivity contribution in [3.63, 3.8) is 0 Å². The van der Waals surface area contributed by atoms with E-state index in [4.69, 9.17) is 24.3 Å². The molecule has 0 amide bonds. The zero-order valence-corrected chi connectivity index (χ0v) is 51.1. The zero-order valence-electron chi connectivity index (χ0n) is 50.2. The Morgan fingerprint density at radius 3 is 0.975 bits per heavy atom. The van der Waals surface area contributed by atoms with Gasteiger partial charge < -0.3 is 20.1 Å². The van der Waals surface area contributed by atoms with E-state index in [-0.39, 0.29) is 32.6 Å². The Hall–Kier alpha value is -5.41. The number of phosphoric acid groups is 1. The minimum absolute atomic E-state index is 0.0315. The second kappa shape index (κ2) is 63.8. The van der Waals surface area contributed by atoms with Crippen LogP contribution in [-0.2, 0) is 32.7 Å². The molecule has 0 saturated carbocycles. The van der Waals surface area contributed by atoms with E-state index in [1.165, 1.54) is 0 Å². The van der Waals surface area contributed by atoms with Gasteiger partial charge in [-0.2, -0.15) is 0 Å². The Morgan fingerprint density at radius 1 is 0.370 bits per heavy atom. The molecule has 0 bridgehead atoms. The molecule has 2 unspecified atom stereocenters. The number of unbranched alkanes of at least 4 members (excludes halogenated alkanes) is 7. The van der Waals surface area contributed by atoms with Crippen LogP contribution in [0.1, 0.15) is 194 Å². The number of carbonyl (C=O) groups excluding carboxylic acids is 2. The molecular formula is C71H108NO8P. The first kappa shape index (κ1) is 75.6. The fourth-order valence-corrected chi connectivity index (χ4v) is 7.99. The maximum Gasteiger partial charge on any atom is 0.472 e. The highest BCUT2D eigenvalue weighted by molar-refractivity contribution is 7.47. The van der Waals surface area contributed by atoms with Crippen molar-refractivity contribution in [2.24, 2.45) is 5.73 Å². The van der Waals surface area contributed by atoms with Crippen LogP contribution in [0.25, 0.3) is 0 Å². The minimum Gasteiger partial charge on any atom is -0.462 e. The second-order valence-electron chi connectivity index (χ2n) is 19.1. The number of hydrogen-bond acceptors (Lipinski definition) is 8. The molecule has 0 heterocycles. The summed E-state index contributed by atoms with van der Waals surface area (Å²) in [5.41, 5.74) is 5.38. The van der Waals surface area contributed by atoms with Crippen molar-refractivity contribution in [3.05, 3.63) is 207 Å². The average Bonchev–Trinajstić information content (AvgIpc) is 3.46. The smallest absolute Gasteiger partial charge is 0.462 e. The molecule has 450 valence electrons. The molecule has 0 spiro atoms. The lowest BCUT2D eigenvalue weighted by Gasteiger charge is -2.19. The SMILES string of the molecule is CC/C=C\C/C=C\C/C=C\C/C=C\C/C=C\C/C=C\C/C=C\C/C=C\C/C=C\C/C=C\C/C=C\CCCCCCCC(=O)OC(COC(=O)CCCC/C=C\C/C=C\C/C=C\C/C=C\C/C=C\C/C=C\CC)COP(=O)(O)OCCN. The second-order valence-corrected chi connectivity index (χ2v) is 20.6. The highest BCUT2D eigenvalue weighted by atomic mass is 31.2. The third kappa shape index (κ3) is 63.6. The van der Waals surface area contributed by atoms with Crippen LogP contribution in [0.3, 0.4) is 0 Å².